The van der Waals surface area contributed by atoms with Crippen molar-refractivity contribution in [2.24, 2.45) is 0 Å². The third-order valence-electron chi connectivity index (χ3n) is 7.77. The standard InChI is InChI=1S/C34H38ClF21O10/c1-23(2,36)32(51,52)64-26(39,29(42,43)44)15-58-7-10-61-19-13-18(22(35)57)14-20(62-11-8-59-16-27(40,30(45,46)47)65-33(53,54)24(3,4)37)21(19)63-12-9-60-17-28(41,31(48,49)50)66-34(55,56)25(5,6)38/h13-14H,7-12,15-17H2,1-6H3. The van der Waals surface area contributed by atoms with Gasteiger partial charge < -0.3 is 28.4 Å². The highest BCUT2D eigenvalue weighted by molar-refractivity contribution is 6.67. The molecule has 0 aliphatic rings. The van der Waals surface area contributed by atoms with E-state index in [0.717, 1.165) is 0 Å². The lowest BCUT2D eigenvalue weighted by atomic mass is 10.1. The second kappa shape index (κ2) is 21.2. The van der Waals surface area contributed by atoms with Crippen LogP contribution in [0.2, 0.25) is 0 Å². The van der Waals surface area contributed by atoms with E-state index in [1.165, 1.54) is 0 Å². The molecule has 66 heavy (non-hydrogen) atoms. The highest BCUT2D eigenvalue weighted by Crippen LogP contribution is 2.47. The molecular weight excluding hydrogens is 1000 g/mol. The average molecular weight is 1040 g/mol. The Balaban J connectivity index is 3.46. The van der Waals surface area contributed by atoms with Crippen LogP contribution in [0.15, 0.2) is 12.1 Å². The van der Waals surface area contributed by atoms with E-state index in [2.05, 4.69) is 28.4 Å². The van der Waals surface area contributed by atoms with Crippen molar-refractivity contribution in [2.75, 3.05) is 59.5 Å². The summed E-state index contributed by atoms with van der Waals surface area (Å²) in [6.07, 6.45) is -35.2. The van der Waals surface area contributed by atoms with Gasteiger partial charge in [0.2, 0.25) is 5.75 Å². The van der Waals surface area contributed by atoms with E-state index < -0.39 is 159 Å². The maximum absolute atomic E-state index is 14.7. The minimum Gasteiger partial charge on any atom is -0.487 e. The Morgan fingerprint density at radius 3 is 0.879 bits per heavy atom. The van der Waals surface area contributed by atoms with Crippen molar-refractivity contribution in [1.29, 1.82) is 0 Å². The third kappa shape index (κ3) is 16.3. The molecule has 388 valence electrons. The molecule has 0 N–H and O–H groups in total. The number of alkyl halides is 21. The monoisotopic (exact) mass is 1040 g/mol. The number of hydrogen-bond acceptors (Lipinski definition) is 10. The van der Waals surface area contributed by atoms with Crippen molar-refractivity contribution in [3.63, 3.8) is 0 Å². The molecule has 0 bridgehead atoms. The van der Waals surface area contributed by atoms with E-state index in [1.807, 2.05) is 0 Å². The fraction of sp³-hybridized carbons (Fsp3) is 0.794. The van der Waals surface area contributed by atoms with E-state index in [4.69, 9.17) is 25.8 Å². The SMILES string of the molecule is CC(C)(F)C(F)(F)OC(F)(COCCOc1cc(C(=O)Cl)cc(OCCOCC(F)(OC(F)(F)C(C)(C)F)C(F)(F)F)c1OCCOCC(F)(OC(F)(F)C(C)(C)F)C(F)(F)F)C(F)(F)F. The Morgan fingerprint density at radius 2 is 0.667 bits per heavy atom. The molecule has 0 saturated heterocycles. The molecule has 0 radical (unpaired) electrons. The van der Waals surface area contributed by atoms with Crippen LogP contribution in [0.1, 0.15) is 51.9 Å². The largest absolute Gasteiger partial charge is 0.487 e. The maximum atomic E-state index is 14.7. The average Bonchev–Trinajstić information content (AvgIpc) is 3.08. The summed E-state index contributed by atoms with van der Waals surface area (Å²) in [6, 6.07) is 1.15. The fourth-order valence-corrected chi connectivity index (χ4v) is 3.87. The molecule has 1 aromatic rings. The van der Waals surface area contributed by atoms with Crippen LogP contribution in [0, 0.1) is 0 Å². The number of halogens is 22. The van der Waals surface area contributed by atoms with Gasteiger partial charge in [-0.2, -0.15) is 79.0 Å². The first-order chi connectivity index (χ1) is 29.2. The normalized spacial score (nSPS) is 16.9. The van der Waals surface area contributed by atoms with Crippen LogP contribution in [0.5, 0.6) is 17.2 Å². The molecule has 0 aliphatic heterocycles. The summed E-state index contributed by atoms with van der Waals surface area (Å²) in [6.45, 7) is -14.5. The summed E-state index contributed by atoms with van der Waals surface area (Å²) >= 11 is 5.44. The first kappa shape index (κ1) is 60.9. The Labute approximate surface area is 364 Å². The van der Waals surface area contributed by atoms with Crippen LogP contribution < -0.4 is 14.2 Å². The minimum absolute atomic E-state index is 0.0310. The van der Waals surface area contributed by atoms with Gasteiger partial charge >= 0.3 is 54.4 Å². The van der Waals surface area contributed by atoms with Gasteiger partial charge in [0.25, 0.3) is 5.24 Å². The highest BCUT2D eigenvalue weighted by Gasteiger charge is 2.68. The molecule has 1 aromatic carbocycles. The second-order valence-electron chi connectivity index (χ2n) is 14.7. The molecule has 3 atom stereocenters. The highest BCUT2D eigenvalue weighted by atomic mass is 35.5. The summed E-state index contributed by atoms with van der Waals surface area (Å²) < 4.78 is 327. The lowest BCUT2D eigenvalue weighted by Crippen LogP contribution is -2.56. The molecule has 0 fully saturated rings. The van der Waals surface area contributed by atoms with Gasteiger partial charge in [0.05, 0.1) is 19.8 Å². The molecule has 0 aliphatic carbocycles. The Hall–Kier alpha value is -3.13. The van der Waals surface area contributed by atoms with E-state index in [0.29, 0.717) is 12.1 Å². The van der Waals surface area contributed by atoms with E-state index in [1.54, 1.807) is 0 Å². The maximum Gasteiger partial charge on any atom is 0.451 e. The van der Waals surface area contributed by atoms with E-state index >= 15 is 0 Å². The predicted octanol–water partition coefficient (Wildman–Crippen LogP) is 11.0. The number of benzene rings is 1. The smallest absolute Gasteiger partial charge is 0.451 e. The molecule has 0 aromatic heterocycles. The van der Waals surface area contributed by atoms with Crippen molar-refractivity contribution >= 4 is 16.8 Å². The summed E-state index contributed by atoms with van der Waals surface area (Å²) in [7, 11) is 0. The second-order valence-corrected chi connectivity index (χ2v) is 15.1. The van der Waals surface area contributed by atoms with Gasteiger partial charge in [-0.15, -0.1) is 0 Å². The fourth-order valence-electron chi connectivity index (χ4n) is 3.76. The molecule has 0 amide bonds. The topological polar surface area (TPSA) is 100 Å². The van der Waals surface area contributed by atoms with Crippen molar-refractivity contribution in [1.82, 2.24) is 0 Å². The van der Waals surface area contributed by atoms with Crippen LogP contribution in [-0.2, 0) is 28.4 Å². The third-order valence-corrected chi connectivity index (χ3v) is 7.99. The Kier molecular flexibility index (Phi) is 19.6. The van der Waals surface area contributed by atoms with Gasteiger partial charge in [0, 0.05) is 5.56 Å². The van der Waals surface area contributed by atoms with Crippen molar-refractivity contribution in [3.8, 4) is 17.2 Å². The first-order valence-electron chi connectivity index (χ1n) is 17.8. The zero-order valence-electron chi connectivity index (χ0n) is 34.4. The number of carbonyl (C=O) groups excluding carboxylic acids is 1. The molecule has 0 saturated carbocycles. The molecule has 1 rings (SSSR count). The van der Waals surface area contributed by atoms with Gasteiger partial charge in [-0.25, -0.2) is 13.2 Å². The lowest BCUT2D eigenvalue weighted by Gasteiger charge is -2.34. The van der Waals surface area contributed by atoms with Gasteiger partial charge in [-0.05, 0) is 65.3 Å². The van der Waals surface area contributed by atoms with Crippen LogP contribution in [-0.4, -0.2) is 136 Å². The van der Waals surface area contributed by atoms with Crippen LogP contribution >= 0.6 is 11.6 Å². The van der Waals surface area contributed by atoms with Gasteiger partial charge in [-0.3, -0.25) is 19.0 Å². The molecule has 0 heterocycles. The minimum atomic E-state index is -6.32. The van der Waals surface area contributed by atoms with E-state index in [-0.39, 0.29) is 41.5 Å². The van der Waals surface area contributed by atoms with Gasteiger partial charge in [0.1, 0.15) is 39.6 Å². The number of hydrogen-bond donors (Lipinski definition) is 0. The number of carbonyl (C=O) groups is 1. The molecule has 32 heteroatoms. The summed E-state index contributed by atoms with van der Waals surface area (Å²) in [5, 5.41) is -1.45. The molecule has 0 spiro atoms. The molecule has 3 unspecified atom stereocenters. The number of rotatable bonds is 28. The summed E-state index contributed by atoms with van der Waals surface area (Å²) in [4.78, 5) is 12.1. The molecule has 10 nitrogen and oxygen atoms in total. The van der Waals surface area contributed by atoms with Gasteiger partial charge in [0.15, 0.2) is 28.5 Å². The van der Waals surface area contributed by atoms with Gasteiger partial charge in [-0.1, -0.05) is 0 Å². The van der Waals surface area contributed by atoms with Crippen molar-refractivity contribution in [3.05, 3.63) is 17.7 Å². The van der Waals surface area contributed by atoms with E-state index in [9.17, 15) is 97.0 Å². The Bertz CT molecular complexity index is 1650. The van der Waals surface area contributed by atoms with Crippen LogP contribution in [0.25, 0.3) is 0 Å². The Morgan fingerprint density at radius 1 is 0.424 bits per heavy atom. The predicted molar refractivity (Wildman–Crippen MR) is 179 cm³/mol. The quantitative estimate of drug-likeness (QED) is 0.0458. The number of ether oxygens (including phenoxy) is 9. The van der Waals surface area contributed by atoms with Crippen molar-refractivity contribution in [2.45, 2.75) is 113 Å². The van der Waals surface area contributed by atoms with Crippen molar-refractivity contribution < 1.29 is 140 Å². The zero-order chi connectivity index (χ0) is 52.0. The molecular formula is C34H38ClF21O10. The van der Waals surface area contributed by atoms with Crippen LogP contribution in [0.4, 0.5) is 92.2 Å². The summed E-state index contributed by atoms with van der Waals surface area (Å²) in [5.41, 5.74) is -12.4. The lowest BCUT2D eigenvalue weighted by molar-refractivity contribution is -0.439. The summed E-state index contributed by atoms with van der Waals surface area (Å²) in [5.74, 6) is -19.0. The van der Waals surface area contributed by atoms with Crippen LogP contribution in [0.3, 0.4) is 0 Å². The first-order valence-corrected chi connectivity index (χ1v) is 18.1. The zero-order valence-corrected chi connectivity index (χ0v) is 35.2.